The van der Waals surface area contributed by atoms with Crippen LogP contribution in [-0.2, 0) is 4.79 Å². The first-order valence-corrected chi connectivity index (χ1v) is 7.88. The van der Waals surface area contributed by atoms with E-state index in [4.69, 9.17) is 17.3 Å². The molecule has 1 amide bonds. The molecule has 5 heteroatoms. The first kappa shape index (κ1) is 16.1. The molecular weight excluding hydrogens is 286 g/mol. The fourth-order valence-electron chi connectivity index (χ4n) is 2.95. The maximum Gasteiger partial charge on any atom is 0.243 e. The van der Waals surface area contributed by atoms with Crippen molar-refractivity contribution in [1.82, 2.24) is 4.90 Å². The van der Waals surface area contributed by atoms with Crippen LogP contribution in [-0.4, -0.2) is 35.5 Å². The fourth-order valence-corrected chi connectivity index (χ4v) is 3.14. The molecule has 0 radical (unpaired) electrons. The van der Waals surface area contributed by atoms with Gasteiger partial charge in [-0.15, -0.1) is 0 Å². The molecule has 0 bridgehead atoms. The molecule has 0 aromatic heterocycles. The van der Waals surface area contributed by atoms with Gasteiger partial charge in [-0.25, -0.2) is 0 Å². The number of anilines is 1. The Hall–Kier alpha value is -1.26. The lowest BCUT2D eigenvalue weighted by atomic mass is 9.89. The van der Waals surface area contributed by atoms with Crippen LogP contribution in [0.1, 0.15) is 33.1 Å². The van der Waals surface area contributed by atoms with E-state index in [0.717, 1.165) is 31.6 Å². The van der Waals surface area contributed by atoms with Gasteiger partial charge >= 0.3 is 0 Å². The first-order valence-electron chi connectivity index (χ1n) is 7.51. The number of carbonyl (C=O) groups excluding carboxylic acids is 1. The van der Waals surface area contributed by atoms with Crippen molar-refractivity contribution in [3.63, 3.8) is 0 Å². The Morgan fingerprint density at radius 3 is 2.76 bits per heavy atom. The fraction of sp³-hybridized carbons (Fsp3) is 0.562. The average molecular weight is 310 g/mol. The predicted octanol–water partition coefficient (Wildman–Crippen LogP) is 2.87. The Labute approximate surface area is 131 Å². The van der Waals surface area contributed by atoms with Crippen LogP contribution in [0.3, 0.4) is 0 Å². The molecule has 21 heavy (non-hydrogen) atoms. The van der Waals surface area contributed by atoms with E-state index in [9.17, 15) is 4.79 Å². The number of primary amides is 1. The summed E-state index contributed by atoms with van der Waals surface area (Å²) in [7, 11) is 0. The third-order valence-electron chi connectivity index (χ3n) is 4.28. The lowest BCUT2D eigenvalue weighted by Crippen LogP contribution is -2.51. The molecule has 1 aromatic carbocycles. The monoisotopic (exact) mass is 309 g/mol. The van der Waals surface area contributed by atoms with Crippen LogP contribution < -0.4 is 11.1 Å². The number of nitrogens with one attached hydrogen (secondary N) is 1. The first-order chi connectivity index (χ1) is 9.93. The lowest BCUT2D eigenvalue weighted by molar-refractivity contribution is -0.122. The number of hydrogen-bond acceptors (Lipinski definition) is 3. The summed E-state index contributed by atoms with van der Waals surface area (Å²) in [4.78, 5) is 14.5. The van der Waals surface area contributed by atoms with Gasteiger partial charge in [0.05, 0.1) is 0 Å². The summed E-state index contributed by atoms with van der Waals surface area (Å²) >= 11 is 6.02. The molecule has 1 heterocycles. The molecule has 1 aliphatic heterocycles. The second kappa shape index (κ2) is 6.67. The minimum absolute atomic E-state index is 0.284. The van der Waals surface area contributed by atoms with Crippen LogP contribution in [0.2, 0.25) is 5.02 Å². The average Bonchev–Trinajstić information content (AvgIpc) is 2.62. The maximum atomic E-state index is 12.1. The summed E-state index contributed by atoms with van der Waals surface area (Å²) in [6, 6.07) is 7.92. The summed E-state index contributed by atoms with van der Waals surface area (Å²) in [5.74, 6) is -0.284. The van der Waals surface area contributed by atoms with Crippen LogP contribution in [0, 0.1) is 0 Å². The van der Waals surface area contributed by atoms with Gasteiger partial charge in [-0.3, -0.25) is 4.79 Å². The van der Waals surface area contributed by atoms with Crippen LogP contribution in [0.4, 0.5) is 5.69 Å². The van der Waals surface area contributed by atoms with Crippen LogP contribution in [0.5, 0.6) is 0 Å². The number of likely N-dealkylation sites (tertiary alicyclic amines) is 1. The third kappa shape index (κ3) is 3.89. The molecule has 1 saturated heterocycles. The highest BCUT2D eigenvalue weighted by Crippen LogP contribution is 2.28. The van der Waals surface area contributed by atoms with Crippen molar-refractivity contribution in [2.75, 3.05) is 18.4 Å². The van der Waals surface area contributed by atoms with E-state index in [1.54, 1.807) is 0 Å². The molecule has 2 rings (SSSR count). The molecule has 4 nitrogen and oxygen atoms in total. The number of halogens is 1. The second-order valence-corrected chi connectivity index (χ2v) is 6.50. The zero-order valence-corrected chi connectivity index (χ0v) is 13.5. The molecule has 1 fully saturated rings. The zero-order valence-electron chi connectivity index (χ0n) is 12.7. The number of carbonyl (C=O) groups is 1. The highest BCUT2D eigenvalue weighted by Gasteiger charge is 2.38. The van der Waals surface area contributed by atoms with Gasteiger partial charge in [0.2, 0.25) is 5.91 Å². The third-order valence-corrected chi connectivity index (χ3v) is 4.52. The van der Waals surface area contributed by atoms with Gasteiger partial charge in [0.1, 0.15) is 5.54 Å². The maximum absolute atomic E-state index is 12.1. The van der Waals surface area contributed by atoms with Gasteiger partial charge in [0.15, 0.2) is 0 Å². The van der Waals surface area contributed by atoms with Crippen molar-refractivity contribution in [1.29, 1.82) is 0 Å². The summed E-state index contributed by atoms with van der Waals surface area (Å²) in [5, 5.41) is 4.00. The van der Waals surface area contributed by atoms with Gasteiger partial charge in [-0.2, -0.15) is 0 Å². The molecular formula is C16H24ClN3O. The topological polar surface area (TPSA) is 58.4 Å². The van der Waals surface area contributed by atoms with E-state index in [0.29, 0.717) is 17.5 Å². The van der Waals surface area contributed by atoms with E-state index >= 15 is 0 Å². The van der Waals surface area contributed by atoms with Crippen molar-refractivity contribution < 1.29 is 4.79 Å². The Balaban J connectivity index is 2.19. The standard InChI is InChI=1S/C16H24ClN3O/c1-12(2)20-9-4-7-16(8-10-20,15(18)21)19-14-6-3-5-13(17)11-14/h3,5-6,11-12,19H,4,7-10H2,1-2H3,(H2,18,21). The molecule has 3 N–H and O–H groups in total. The quantitative estimate of drug-likeness (QED) is 0.899. The molecule has 1 aliphatic rings. The number of benzene rings is 1. The van der Waals surface area contributed by atoms with Crippen LogP contribution in [0.15, 0.2) is 24.3 Å². The lowest BCUT2D eigenvalue weighted by Gasteiger charge is -2.32. The van der Waals surface area contributed by atoms with Gasteiger partial charge in [0.25, 0.3) is 0 Å². The largest absolute Gasteiger partial charge is 0.371 e. The van der Waals surface area contributed by atoms with Crippen LogP contribution >= 0.6 is 11.6 Å². The van der Waals surface area contributed by atoms with E-state index < -0.39 is 5.54 Å². The van der Waals surface area contributed by atoms with Gasteiger partial charge in [0, 0.05) is 23.3 Å². The summed E-state index contributed by atoms with van der Waals surface area (Å²) < 4.78 is 0. The number of nitrogens with zero attached hydrogens (tertiary/aromatic N) is 1. The highest BCUT2D eigenvalue weighted by molar-refractivity contribution is 6.30. The molecule has 1 aromatic rings. The van der Waals surface area contributed by atoms with Crippen LogP contribution in [0.25, 0.3) is 0 Å². The minimum atomic E-state index is -0.686. The minimum Gasteiger partial charge on any atom is -0.371 e. The van der Waals surface area contributed by atoms with Crippen molar-refractivity contribution >= 4 is 23.2 Å². The summed E-state index contributed by atoms with van der Waals surface area (Å²) in [6.07, 6.45) is 2.42. The normalized spacial score (nSPS) is 23.8. The van der Waals surface area contributed by atoms with Crippen molar-refractivity contribution in [3.8, 4) is 0 Å². The van der Waals surface area contributed by atoms with Crippen molar-refractivity contribution in [3.05, 3.63) is 29.3 Å². The number of amides is 1. The molecule has 1 atom stereocenters. The van der Waals surface area contributed by atoms with Gasteiger partial charge < -0.3 is 16.0 Å². The Bertz CT molecular complexity index is 506. The number of rotatable bonds is 4. The molecule has 116 valence electrons. The van der Waals surface area contributed by atoms with E-state index in [1.165, 1.54) is 0 Å². The molecule has 0 saturated carbocycles. The molecule has 1 unspecified atom stereocenters. The smallest absolute Gasteiger partial charge is 0.243 e. The molecule has 0 aliphatic carbocycles. The van der Waals surface area contributed by atoms with E-state index in [1.807, 2.05) is 24.3 Å². The number of hydrogen-bond donors (Lipinski definition) is 2. The zero-order chi connectivity index (χ0) is 15.5. The SMILES string of the molecule is CC(C)N1CCCC(Nc2cccc(Cl)c2)(C(N)=O)CC1. The number of nitrogens with two attached hydrogens (primary N) is 1. The van der Waals surface area contributed by atoms with Gasteiger partial charge in [-0.05, 0) is 57.9 Å². The highest BCUT2D eigenvalue weighted by atomic mass is 35.5. The second-order valence-electron chi connectivity index (χ2n) is 6.06. The molecule has 0 spiro atoms. The Kier molecular flexibility index (Phi) is 5.12. The van der Waals surface area contributed by atoms with Gasteiger partial charge in [-0.1, -0.05) is 17.7 Å². The summed E-state index contributed by atoms with van der Waals surface area (Å²) in [5.41, 5.74) is 5.89. The summed E-state index contributed by atoms with van der Waals surface area (Å²) in [6.45, 7) is 6.24. The van der Waals surface area contributed by atoms with Crippen molar-refractivity contribution in [2.24, 2.45) is 5.73 Å². The predicted molar refractivity (Wildman–Crippen MR) is 87.6 cm³/mol. The van der Waals surface area contributed by atoms with E-state index in [2.05, 4.69) is 24.1 Å². The van der Waals surface area contributed by atoms with E-state index in [-0.39, 0.29) is 5.91 Å². The van der Waals surface area contributed by atoms with Crippen molar-refractivity contribution in [2.45, 2.75) is 44.7 Å². The Morgan fingerprint density at radius 1 is 1.38 bits per heavy atom. The Morgan fingerprint density at radius 2 is 2.14 bits per heavy atom.